The monoisotopic (exact) mass is 234 g/mol. The Balaban J connectivity index is 1.89. The molecule has 1 aliphatic rings. The Morgan fingerprint density at radius 2 is 2.00 bits per heavy atom. The normalized spacial score (nSPS) is 24.2. The summed E-state index contributed by atoms with van der Waals surface area (Å²) in [5.74, 6) is 2.38. The van der Waals surface area contributed by atoms with E-state index in [0.29, 0.717) is 6.10 Å². The van der Waals surface area contributed by atoms with E-state index < -0.39 is 0 Å². The van der Waals surface area contributed by atoms with Crippen molar-refractivity contribution in [3.05, 3.63) is 29.8 Å². The van der Waals surface area contributed by atoms with E-state index in [1.54, 1.807) is 7.11 Å². The van der Waals surface area contributed by atoms with Gasteiger partial charge in [-0.1, -0.05) is 26.0 Å². The summed E-state index contributed by atoms with van der Waals surface area (Å²) in [5.41, 5.74) is 1.33. The second kappa shape index (κ2) is 5.54. The van der Waals surface area contributed by atoms with E-state index in [1.165, 1.54) is 12.0 Å². The predicted molar refractivity (Wildman–Crippen MR) is 69.4 cm³/mol. The molecule has 1 aliphatic heterocycles. The first-order valence-corrected chi connectivity index (χ1v) is 6.43. The maximum Gasteiger partial charge on any atom is 0.118 e. The van der Waals surface area contributed by atoms with Crippen LogP contribution in [0.4, 0.5) is 0 Å². The summed E-state index contributed by atoms with van der Waals surface area (Å²) in [6.07, 6.45) is 2.62. The van der Waals surface area contributed by atoms with E-state index in [-0.39, 0.29) is 0 Å². The van der Waals surface area contributed by atoms with Crippen LogP contribution in [0.25, 0.3) is 0 Å². The molecule has 2 heteroatoms. The number of methoxy groups -OCH3 is 1. The van der Waals surface area contributed by atoms with Crippen molar-refractivity contribution in [2.45, 2.75) is 32.8 Å². The quantitative estimate of drug-likeness (QED) is 0.796. The second-order valence-corrected chi connectivity index (χ2v) is 5.25. The lowest BCUT2D eigenvalue weighted by atomic mass is 9.92. The van der Waals surface area contributed by atoms with Crippen LogP contribution in [0.15, 0.2) is 24.3 Å². The Morgan fingerprint density at radius 1 is 1.29 bits per heavy atom. The lowest BCUT2D eigenvalue weighted by Gasteiger charge is -2.12. The van der Waals surface area contributed by atoms with Gasteiger partial charge in [0, 0.05) is 0 Å². The highest BCUT2D eigenvalue weighted by atomic mass is 16.5. The minimum Gasteiger partial charge on any atom is -0.497 e. The SMILES string of the molecule is COc1ccc(CC2CC(C(C)C)CO2)cc1. The van der Waals surface area contributed by atoms with E-state index >= 15 is 0 Å². The summed E-state index contributed by atoms with van der Waals surface area (Å²) in [7, 11) is 1.70. The van der Waals surface area contributed by atoms with E-state index in [1.807, 2.05) is 12.1 Å². The average Bonchev–Trinajstić information content (AvgIpc) is 2.79. The Bertz CT molecular complexity index is 342. The molecule has 17 heavy (non-hydrogen) atoms. The highest BCUT2D eigenvalue weighted by Gasteiger charge is 2.27. The van der Waals surface area contributed by atoms with Crippen LogP contribution in [0.2, 0.25) is 0 Å². The molecule has 1 saturated heterocycles. The summed E-state index contributed by atoms with van der Waals surface area (Å²) < 4.78 is 11.0. The van der Waals surface area contributed by atoms with Gasteiger partial charge in [-0.2, -0.15) is 0 Å². The molecule has 0 bridgehead atoms. The molecule has 0 N–H and O–H groups in total. The van der Waals surface area contributed by atoms with Gasteiger partial charge in [0.05, 0.1) is 19.8 Å². The average molecular weight is 234 g/mol. The van der Waals surface area contributed by atoms with Crippen LogP contribution in [-0.2, 0) is 11.2 Å². The third-order valence-electron chi connectivity index (χ3n) is 3.68. The Kier molecular flexibility index (Phi) is 4.06. The topological polar surface area (TPSA) is 18.5 Å². The van der Waals surface area contributed by atoms with Crippen molar-refractivity contribution >= 4 is 0 Å². The van der Waals surface area contributed by atoms with Crippen LogP contribution < -0.4 is 4.74 Å². The second-order valence-electron chi connectivity index (χ2n) is 5.25. The number of hydrogen-bond donors (Lipinski definition) is 0. The molecule has 1 aromatic carbocycles. The molecule has 2 atom stereocenters. The standard InChI is InChI=1S/C15H22O2/c1-11(2)13-9-15(17-10-13)8-12-4-6-14(16-3)7-5-12/h4-7,11,13,15H,8-10H2,1-3H3. The Hall–Kier alpha value is -1.02. The van der Waals surface area contributed by atoms with Crippen LogP contribution >= 0.6 is 0 Å². The number of hydrogen-bond acceptors (Lipinski definition) is 2. The maximum atomic E-state index is 5.86. The lowest BCUT2D eigenvalue weighted by Crippen LogP contribution is -2.10. The molecule has 94 valence electrons. The van der Waals surface area contributed by atoms with E-state index in [0.717, 1.165) is 30.6 Å². The van der Waals surface area contributed by atoms with Gasteiger partial charge in [-0.15, -0.1) is 0 Å². The first-order chi connectivity index (χ1) is 8.19. The van der Waals surface area contributed by atoms with Crippen LogP contribution in [0.5, 0.6) is 5.75 Å². The first kappa shape index (κ1) is 12.4. The van der Waals surface area contributed by atoms with Crippen molar-refractivity contribution in [2.75, 3.05) is 13.7 Å². The molecule has 0 aliphatic carbocycles. The van der Waals surface area contributed by atoms with Gasteiger partial charge in [-0.05, 0) is 42.4 Å². The first-order valence-electron chi connectivity index (χ1n) is 6.43. The van der Waals surface area contributed by atoms with Gasteiger partial charge < -0.3 is 9.47 Å². The summed E-state index contributed by atoms with van der Waals surface area (Å²) in [6.45, 7) is 5.49. The summed E-state index contributed by atoms with van der Waals surface area (Å²) >= 11 is 0. The van der Waals surface area contributed by atoms with Crippen molar-refractivity contribution in [2.24, 2.45) is 11.8 Å². The molecule has 2 unspecified atom stereocenters. The molecule has 2 rings (SSSR count). The Labute approximate surface area is 104 Å². The maximum absolute atomic E-state index is 5.86. The van der Waals surface area contributed by atoms with Gasteiger partial charge in [0.2, 0.25) is 0 Å². The lowest BCUT2D eigenvalue weighted by molar-refractivity contribution is 0.104. The summed E-state index contributed by atoms with van der Waals surface area (Å²) in [5, 5.41) is 0. The number of ether oxygens (including phenoxy) is 2. The molecule has 1 fully saturated rings. The fourth-order valence-corrected chi connectivity index (χ4v) is 2.36. The van der Waals surface area contributed by atoms with E-state index in [9.17, 15) is 0 Å². The number of rotatable bonds is 4. The molecule has 0 aromatic heterocycles. The third-order valence-corrected chi connectivity index (χ3v) is 3.68. The molecular formula is C15H22O2. The van der Waals surface area contributed by atoms with Crippen LogP contribution in [0.3, 0.4) is 0 Å². The smallest absolute Gasteiger partial charge is 0.118 e. The highest BCUT2D eigenvalue weighted by Crippen LogP contribution is 2.28. The van der Waals surface area contributed by atoms with Crippen LogP contribution in [-0.4, -0.2) is 19.8 Å². The van der Waals surface area contributed by atoms with Gasteiger partial charge in [-0.25, -0.2) is 0 Å². The predicted octanol–water partition coefficient (Wildman–Crippen LogP) is 3.30. The molecule has 2 nitrogen and oxygen atoms in total. The number of benzene rings is 1. The van der Waals surface area contributed by atoms with E-state index in [4.69, 9.17) is 9.47 Å². The van der Waals surface area contributed by atoms with Gasteiger partial charge >= 0.3 is 0 Å². The minimum absolute atomic E-state index is 0.399. The molecule has 0 spiro atoms. The third kappa shape index (κ3) is 3.22. The fraction of sp³-hybridized carbons (Fsp3) is 0.600. The van der Waals surface area contributed by atoms with Crippen LogP contribution in [0.1, 0.15) is 25.8 Å². The Morgan fingerprint density at radius 3 is 2.53 bits per heavy atom. The highest BCUT2D eigenvalue weighted by molar-refractivity contribution is 5.27. The van der Waals surface area contributed by atoms with E-state index in [2.05, 4.69) is 26.0 Å². The zero-order valence-corrected chi connectivity index (χ0v) is 11.0. The van der Waals surface area contributed by atoms with Gasteiger partial charge in [0.25, 0.3) is 0 Å². The van der Waals surface area contributed by atoms with Crippen LogP contribution in [0, 0.1) is 11.8 Å². The van der Waals surface area contributed by atoms with Crippen molar-refractivity contribution in [3.63, 3.8) is 0 Å². The van der Waals surface area contributed by atoms with Gasteiger partial charge in [0.1, 0.15) is 5.75 Å². The molecular weight excluding hydrogens is 212 g/mol. The largest absolute Gasteiger partial charge is 0.497 e. The van der Waals surface area contributed by atoms with Crippen molar-refractivity contribution in [1.82, 2.24) is 0 Å². The van der Waals surface area contributed by atoms with Crippen molar-refractivity contribution in [1.29, 1.82) is 0 Å². The minimum atomic E-state index is 0.399. The zero-order chi connectivity index (χ0) is 12.3. The summed E-state index contributed by atoms with van der Waals surface area (Å²) in [6, 6.07) is 8.30. The van der Waals surface area contributed by atoms with Gasteiger partial charge in [-0.3, -0.25) is 0 Å². The zero-order valence-electron chi connectivity index (χ0n) is 11.0. The fourth-order valence-electron chi connectivity index (χ4n) is 2.36. The van der Waals surface area contributed by atoms with Gasteiger partial charge in [0.15, 0.2) is 0 Å². The molecule has 0 radical (unpaired) electrons. The molecule has 1 heterocycles. The van der Waals surface area contributed by atoms with Crippen molar-refractivity contribution in [3.8, 4) is 5.75 Å². The molecule has 0 saturated carbocycles. The molecule has 1 aromatic rings. The van der Waals surface area contributed by atoms with Crippen molar-refractivity contribution < 1.29 is 9.47 Å². The molecule has 0 amide bonds. The summed E-state index contributed by atoms with van der Waals surface area (Å²) in [4.78, 5) is 0.